The van der Waals surface area contributed by atoms with Crippen LogP contribution in [0.5, 0.6) is 0 Å². The summed E-state index contributed by atoms with van der Waals surface area (Å²) in [6.45, 7) is 0. The third-order valence-corrected chi connectivity index (χ3v) is 1.55. The van der Waals surface area contributed by atoms with Crippen LogP contribution in [0.4, 0.5) is 0 Å². The summed E-state index contributed by atoms with van der Waals surface area (Å²) >= 11 is 0. The van der Waals surface area contributed by atoms with E-state index in [4.69, 9.17) is 0 Å². The van der Waals surface area contributed by atoms with E-state index in [1.54, 1.807) is 12.3 Å². The minimum atomic E-state index is -0.186. The van der Waals surface area contributed by atoms with E-state index < -0.39 is 0 Å². The maximum Gasteiger partial charge on any atom is 0.270 e. The first-order chi connectivity index (χ1) is 5.36. The Balaban J connectivity index is 2.44. The number of amides is 1. The van der Waals surface area contributed by atoms with Crippen molar-refractivity contribution in [3.63, 3.8) is 0 Å². The maximum absolute atomic E-state index is 10.8. The van der Waals surface area contributed by atoms with Crippen LogP contribution in [0.2, 0.25) is 0 Å². The molecule has 0 aromatic heterocycles. The van der Waals surface area contributed by atoms with Gasteiger partial charge in [-0.2, -0.15) is 0 Å². The van der Waals surface area contributed by atoms with Gasteiger partial charge >= 0.3 is 0 Å². The van der Waals surface area contributed by atoms with Gasteiger partial charge in [-0.15, -0.1) is 0 Å². The molecule has 0 atom stereocenters. The molecule has 54 valence electrons. The molecule has 0 aromatic rings. The minimum absolute atomic E-state index is 0.186. The van der Waals surface area contributed by atoms with Crippen molar-refractivity contribution in [1.29, 1.82) is 0 Å². The zero-order chi connectivity index (χ0) is 7.68. The first-order valence-corrected chi connectivity index (χ1v) is 3.39. The average Bonchev–Trinajstić information content (AvgIpc) is 2.04. The molecule has 2 aliphatic rings. The fourth-order valence-corrected chi connectivity index (χ4v) is 1.04. The highest BCUT2D eigenvalue weighted by molar-refractivity contribution is 6.50. The van der Waals surface area contributed by atoms with Gasteiger partial charge in [0, 0.05) is 18.7 Å². The van der Waals surface area contributed by atoms with Crippen LogP contribution in [0.1, 0.15) is 6.42 Å². The molecule has 0 unspecified atom stereocenters. The van der Waals surface area contributed by atoms with Crippen molar-refractivity contribution in [1.82, 2.24) is 0 Å². The van der Waals surface area contributed by atoms with E-state index in [0.29, 0.717) is 0 Å². The molecular weight excluding hydrogens is 140 g/mol. The van der Waals surface area contributed by atoms with Gasteiger partial charge in [0.1, 0.15) is 0 Å². The molecule has 0 bridgehead atoms. The van der Waals surface area contributed by atoms with E-state index >= 15 is 0 Å². The number of dihydropyridines is 1. The lowest BCUT2D eigenvalue weighted by Crippen LogP contribution is -2.18. The summed E-state index contributed by atoms with van der Waals surface area (Å²) in [6, 6.07) is 0. The molecule has 0 aromatic carbocycles. The number of nitrogens with zero attached hydrogens (tertiary/aromatic N) is 2. The Kier molecular flexibility index (Phi) is 1.28. The molecule has 0 radical (unpaired) electrons. The van der Waals surface area contributed by atoms with Gasteiger partial charge in [-0.1, -0.05) is 6.08 Å². The summed E-state index contributed by atoms with van der Waals surface area (Å²) in [7, 11) is 0. The van der Waals surface area contributed by atoms with E-state index in [0.717, 1.165) is 17.8 Å². The van der Waals surface area contributed by atoms with E-state index in [1.165, 1.54) is 6.08 Å². The third kappa shape index (κ3) is 1.05. The summed E-state index contributed by atoms with van der Waals surface area (Å²) in [5, 5.41) is 0. The monoisotopic (exact) mass is 146 g/mol. The highest BCUT2D eigenvalue weighted by atomic mass is 16.1. The zero-order valence-corrected chi connectivity index (χ0v) is 5.82. The van der Waals surface area contributed by atoms with Crippen LogP contribution in [0.15, 0.2) is 34.4 Å². The van der Waals surface area contributed by atoms with E-state index in [-0.39, 0.29) is 5.91 Å². The normalized spacial score (nSPS) is 20.9. The van der Waals surface area contributed by atoms with Gasteiger partial charge in [0.2, 0.25) is 0 Å². The molecule has 0 saturated heterocycles. The molecule has 0 saturated carbocycles. The lowest BCUT2D eigenvalue weighted by molar-refractivity contribution is -0.113. The summed E-state index contributed by atoms with van der Waals surface area (Å²) in [5.74, 6) is -0.186. The fraction of sp³-hybridized carbons (Fsp3) is 0.125. The number of carbonyl (C=O) groups excluding carboxylic acids is 1. The minimum Gasteiger partial charge on any atom is -0.267 e. The number of carbonyl (C=O) groups is 1. The Hall–Kier alpha value is -1.51. The zero-order valence-electron chi connectivity index (χ0n) is 5.82. The molecule has 2 heterocycles. The molecule has 2 rings (SSSR count). The molecule has 3 heteroatoms. The van der Waals surface area contributed by atoms with Gasteiger partial charge < -0.3 is 0 Å². The quantitative estimate of drug-likeness (QED) is 0.500. The molecule has 0 fully saturated rings. The van der Waals surface area contributed by atoms with Gasteiger partial charge in [-0.3, -0.25) is 9.79 Å². The Bertz CT molecular complexity index is 321. The maximum atomic E-state index is 10.8. The number of hydrogen-bond acceptors (Lipinski definition) is 2. The highest BCUT2D eigenvalue weighted by Gasteiger charge is 2.12. The first kappa shape index (κ1) is 6.22. The summed E-state index contributed by atoms with van der Waals surface area (Å²) < 4.78 is 0. The van der Waals surface area contributed by atoms with Gasteiger partial charge in [0.25, 0.3) is 5.91 Å². The summed E-state index contributed by atoms with van der Waals surface area (Å²) in [6.07, 6.45) is 7.47. The number of aliphatic imine (C=N–C) groups is 2. The number of rotatable bonds is 0. The molecule has 0 spiro atoms. The van der Waals surface area contributed by atoms with Crippen molar-refractivity contribution in [3.05, 3.63) is 24.4 Å². The smallest absolute Gasteiger partial charge is 0.267 e. The van der Waals surface area contributed by atoms with Gasteiger partial charge in [-0.05, 0) is 6.08 Å². The number of fused-ring (bicyclic) bond motifs is 1. The van der Waals surface area contributed by atoms with Crippen molar-refractivity contribution in [2.24, 2.45) is 9.98 Å². The molecule has 11 heavy (non-hydrogen) atoms. The summed E-state index contributed by atoms with van der Waals surface area (Å²) in [4.78, 5) is 18.6. The van der Waals surface area contributed by atoms with Gasteiger partial charge in [-0.25, -0.2) is 4.99 Å². The van der Waals surface area contributed by atoms with Crippen LogP contribution < -0.4 is 0 Å². The van der Waals surface area contributed by atoms with Gasteiger partial charge in [0.05, 0.1) is 11.4 Å². The Labute approximate surface area is 63.9 Å². The van der Waals surface area contributed by atoms with E-state index in [1.807, 2.05) is 6.08 Å². The molecule has 0 N–H and O–H groups in total. The average molecular weight is 146 g/mol. The van der Waals surface area contributed by atoms with E-state index in [2.05, 4.69) is 9.98 Å². The Morgan fingerprint density at radius 3 is 3.18 bits per heavy atom. The Morgan fingerprint density at radius 2 is 2.27 bits per heavy atom. The lowest BCUT2D eigenvalue weighted by atomic mass is 10.1. The fourth-order valence-electron chi connectivity index (χ4n) is 1.04. The van der Waals surface area contributed by atoms with Crippen molar-refractivity contribution >= 4 is 17.3 Å². The Morgan fingerprint density at radius 1 is 1.36 bits per heavy atom. The van der Waals surface area contributed by atoms with Crippen LogP contribution in [-0.2, 0) is 4.79 Å². The van der Waals surface area contributed by atoms with Crippen LogP contribution >= 0.6 is 0 Å². The van der Waals surface area contributed by atoms with Crippen molar-refractivity contribution in [2.75, 3.05) is 0 Å². The van der Waals surface area contributed by atoms with Crippen LogP contribution in [0.25, 0.3) is 0 Å². The van der Waals surface area contributed by atoms with Gasteiger partial charge in [0.15, 0.2) is 0 Å². The standard InChI is InChI=1S/C8H6N2O/c11-8-4-3-6-7(10-8)2-1-5-9-6/h1,3-5H,2H2. The summed E-state index contributed by atoms with van der Waals surface area (Å²) in [5.41, 5.74) is 1.59. The number of allylic oxidation sites excluding steroid dienone is 2. The van der Waals surface area contributed by atoms with Crippen molar-refractivity contribution < 1.29 is 4.79 Å². The predicted molar refractivity (Wildman–Crippen MR) is 42.8 cm³/mol. The van der Waals surface area contributed by atoms with Crippen LogP contribution in [0.3, 0.4) is 0 Å². The predicted octanol–water partition coefficient (Wildman–Crippen LogP) is 0.882. The van der Waals surface area contributed by atoms with Crippen LogP contribution in [0, 0.1) is 0 Å². The molecule has 1 amide bonds. The van der Waals surface area contributed by atoms with Crippen molar-refractivity contribution in [3.8, 4) is 0 Å². The van der Waals surface area contributed by atoms with Crippen molar-refractivity contribution in [2.45, 2.75) is 6.42 Å². The first-order valence-electron chi connectivity index (χ1n) is 3.39. The SMILES string of the molecule is O=C1C=CC2=NC=CCC2=N1. The van der Waals surface area contributed by atoms with E-state index in [9.17, 15) is 4.79 Å². The number of hydrogen-bond donors (Lipinski definition) is 0. The third-order valence-electron chi connectivity index (χ3n) is 1.55. The molecular formula is C8H6N2O. The second kappa shape index (κ2) is 2.27. The largest absolute Gasteiger partial charge is 0.270 e. The molecule has 2 aliphatic heterocycles. The molecule has 0 aliphatic carbocycles. The second-order valence-corrected chi connectivity index (χ2v) is 2.33. The lowest BCUT2D eigenvalue weighted by Gasteiger charge is -2.08. The second-order valence-electron chi connectivity index (χ2n) is 2.33. The highest BCUT2D eigenvalue weighted by Crippen LogP contribution is 2.06. The topological polar surface area (TPSA) is 41.8 Å². The van der Waals surface area contributed by atoms with Crippen LogP contribution in [-0.4, -0.2) is 17.3 Å². The molecule has 3 nitrogen and oxygen atoms in total.